The third-order valence-electron chi connectivity index (χ3n) is 2.13. The highest BCUT2D eigenvalue weighted by molar-refractivity contribution is 9.11. The second-order valence-electron chi connectivity index (χ2n) is 3.34. The predicted octanol–water partition coefficient (Wildman–Crippen LogP) is 3.53. The van der Waals surface area contributed by atoms with Crippen molar-refractivity contribution in [3.8, 4) is 0 Å². The largest absolute Gasteiger partial charge is 0.478 e. The lowest BCUT2D eigenvalue weighted by molar-refractivity contribution is 0.0697. The quantitative estimate of drug-likeness (QED) is 0.758. The van der Waals surface area contributed by atoms with Gasteiger partial charge >= 0.3 is 5.97 Å². The van der Waals surface area contributed by atoms with Crippen LogP contribution in [0.25, 0.3) is 0 Å². The number of benzene rings is 1. The van der Waals surface area contributed by atoms with Gasteiger partial charge in [0, 0.05) is 0 Å². The number of aromatic carboxylic acids is 1. The van der Waals surface area contributed by atoms with Crippen LogP contribution in [0.2, 0.25) is 0 Å². The minimum Gasteiger partial charge on any atom is -0.478 e. The Bertz CT molecular complexity index is 568. The summed E-state index contributed by atoms with van der Waals surface area (Å²) in [5.41, 5.74) is 7.10. The molecule has 17 heavy (non-hydrogen) atoms. The molecule has 4 nitrogen and oxygen atoms in total. The number of hydrogen-bond donors (Lipinski definition) is 3. The summed E-state index contributed by atoms with van der Waals surface area (Å²) >= 11 is 4.86. The zero-order valence-corrected chi connectivity index (χ0v) is 11.0. The van der Waals surface area contributed by atoms with E-state index in [0.29, 0.717) is 11.4 Å². The van der Waals surface area contributed by atoms with Gasteiger partial charge in [-0.05, 0) is 46.3 Å². The Balaban J connectivity index is 2.31. The van der Waals surface area contributed by atoms with Crippen molar-refractivity contribution in [2.24, 2.45) is 0 Å². The summed E-state index contributed by atoms with van der Waals surface area (Å²) in [6.07, 6.45) is 0. The minimum atomic E-state index is -0.972. The molecule has 0 radical (unpaired) electrons. The summed E-state index contributed by atoms with van der Waals surface area (Å²) < 4.78 is 0.993. The van der Waals surface area contributed by atoms with Gasteiger partial charge in [-0.15, -0.1) is 11.3 Å². The number of carboxylic acid groups (broad SMARTS) is 1. The third kappa shape index (κ3) is 2.78. The van der Waals surface area contributed by atoms with Crippen molar-refractivity contribution in [3.05, 3.63) is 39.7 Å². The molecule has 1 heterocycles. The summed E-state index contributed by atoms with van der Waals surface area (Å²) in [6.45, 7) is 0. The highest BCUT2D eigenvalue weighted by Gasteiger charge is 2.07. The number of hydrogen-bond acceptors (Lipinski definition) is 4. The van der Waals surface area contributed by atoms with Gasteiger partial charge in [0.1, 0.15) is 0 Å². The lowest BCUT2D eigenvalue weighted by Gasteiger charge is -2.08. The maximum Gasteiger partial charge on any atom is 0.335 e. The van der Waals surface area contributed by atoms with E-state index in [2.05, 4.69) is 21.2 Å². The van der Waals surface area contributed by atoms with Crippen LogP contribution in [0.5, 0.6) is 0 Å². The van der Waals surface area contributed by atoms with Crippen LogP contribution in [0.4, 0.5) is 16.4 Å². The van der Waals surface area contributed by atoms with Crippen LogP contribution < -0.4 is 11.1 Å². The predicted molar refractivity (Wildman–Crippen MR) is 73.1 cm³/mol. The first-order chi connectivity index (χ1) is 8.06. The van der Waals surface area contributed by atoms with E-state index in [4.69, 9.17) is 10.8 Å². The van der Waals surface area contributed by atoms with Crippen LogP contribution in [0.3, 0.4) is 0 Å². The van der Waals surface area contributed by atoms with Crippen LogP contribution >= 0.6 is 27.3 Å². The maximum atomic E-state index is 10.8. The lowest BCUT2D eigenvalue weighted by Crippen LogP contribution is -2.00. The molecule has 0 atom stereocenters. The minimum absolute atomic E-state index is 0.206. The number of thiophene rings is 1. The summed E-state index contributed by atoms with van der Waals surface area (Å²) in [7, 11) is 0. The summed E-state index contributed by atoms with van der Waals surface area (Å²) in [5.74, 6) is -0.972. The highest BCUT2D eigenvalue weighted by atomic mass is 79.9. The van der Waals surface area contributed by atoms with Crippen molar-refractivity contribution in [3.63, 3.8) is 0 Å². The first-order valence-electron chi connectivity index (χ1n) is 4.71. The molecule has 0 bridgehead atoms. The van der Waals surface area contributed by atoms with Crippen molar-refractivity contribution in [1.29, 1.82) is 0 Å². The second-order valence-corrected chi connectivity index (χ2v) is 5.80. The molecule has 0 aliphatic heterocycles. The Morgan fingerprint density at radius 1 is 1.35 bits per heavy atom. The van der Waals surface area contributed by atoms with Crippen LogP contribution in [0.1, 0.15) is 10.4 Å². The van der Waals surface area contributed by atoms with E-state index in [1.54, 1.807) is 6.07 Å². The molecule has 0 amide bonds. The lowest BCUT2D eigenvalue weighted by atomic mass is 10.2. The monoisotopic (exact) mass is 312 g/mol. The molecule has 88 valence electrons. The van der Waals surface area contributed by atoms with Gasteiger partial charge in [-0.25, -0.2) is 4.79 Å². The van der Waals surface area contributed by atoms with Crippen molar-refractivity contribution in [2.75, 3.05) is 11.1 Å². The molecular weight excluding hydrogens is 304 g/mol. The van der Waals surface area contributed by atoms with Gasteiger partial charge in [0.25, 0.3) is 0 Å². The number of carboxylic acids is 1. The third-order valence-corrected chi connectivity index (χ3v) is 3.67. The van der Waals surface area contributed by atoms with E-state index in [0.717, 1.165) is 8.79 Å². The molecule has 1 aromatic heterocycles. The van der Waals surface area contributed by atoms with Crippen LogP contribution in [0.15, 0.2) is 34.1 Å². The van der Waals surface area contributed by atoms with Crippen molar-refractivity contribution in [1.82, 2.24) is 0 Å². The van der Waals surface area contributed by atoms with Crippen LogP contribution in [-0.2, 0) is 0 Å². The van der Waals surface area contributed by atoms with Gasteiger partial charge in [0.05, 0.1) is 25.7 Å². The molecule has 0 unspecified atom stereocenters. The van der Waals surface area contributed by atoms with Crippen LogP contribution in [0, 0.1) is 0 Å². The van der Waals surface area contributed by atoms with Gasteiger partial charge in [0.2, 0.25) is 0 Å². The molecule has 0 aliphatic carbocycles. The summed E-state index contributed by atoms with van der Waals surface area (Å²) in [6, 6.07) is 8.37. The molecule has 4 N–H and O–H groups in total. The number of halogens is 1. The Kier molecular flexibility index (Phi) is 3.35. The maximum absolute atomic E-state index is 10.8. The van der Waals surface area contributed by atoms with Crippen LogP contribution in [-0.4, -0.2) is 11.1 Å². The zero-order valence-electron chi connectivity index (χ0n) is 8.61. The fourth-order valence-corrected chi connectivity index (χ4v) is 2.61. The van der Waals surface area contributed by atoms with Crippen molar-refractivity contribution < 1.29 is 9.90 Å². The molecule has 6 heteroatoms. The van der Waals surface area contributed by atoms with Gasteiger partial charge in [-0.3, -0.25) is 0 Å². The van der Waals surface area contributed by atoms with Gasteiger partial charge in [0.15, 0.2) is 0 Å². The molecule has 0 saturated carbocycles. The average Bonchev–Trinajstić information content (AvgIpc) is 2.67. The Labute approximate surface area is 110 Å². The number of nitrogens with two attached hydrogens (primary N) is 1. The van der Waals surface area contributed by atoms with E-state index >= 15 is 0 Å². The van der Waals surface area contributed by atoms with Crippen molar-refractivity contribution >= 4 is 49.6 Å². The first-order valence-corrected chi connectivity index (χ1v) is 6.32. The van der Waals surface area contributed by atoms with E-state index in [1.165, 1.54) is 23.5 Å². The number of rotatable bonds is 3. The molecule has 0 spiro atoms. The number of carbonyl (C=O) groups is 1. The standard InChI is InChI=1S/C11H9BrN2O2S/c12-9-3-4-10(17-9)14-8-5-6(11(15)16)1-2-7(8)13/h1-5,14H,13H2,(H,15,16). The number of anilines is 3. The number of nitrogens with one attached hydrogen (secondary N) is 1. The second kappa shape index (κ2) is 4.77. The summed E-state index contributed by atoms with van der Waals surface area (Å²) in [4.78, 5) is 10.8. The topological polar surface area (TPSA) is 75.4 Å². The number of nitrogen functional groups attached to an aromatic ring is 1. The average molecular weight is 313 g/mol. The zero-order chi connectivity index (χ0) is 12.4. The molecule has 0 saturated heterocycles. The SMILES string of the molecule is Nc1ccc(C(=O)O)cc1Nc1ccc(Br)s1. The molecule has 2 aromatic rings. The van der Waals surface area contributed by atoms with Crippen molar-refractivity contribution in [2.45, 2.75) is 0 Å². The molecular formula is C11H9BrN2O2S. The van der Waals surface area contributed by atoms with Gasteiger partial charge in [-0.1, -0.05) is 0 Å². The fraction of sp³-hybridized carbons (Fsp3) is 0. The first kappa shape index (κ1) is 11.9. The van der Waals surface area contributed by atoms with E-state index in [-0.39, 0.29) is 5.56 Å². The normalized spacial score (nSPS) is 10.2. The van der Waals surface area contributed by atoms with Gasteiger partial charge < -0.3 is 16.2 Å². The fourth-order valence-electron chi connectivity index (χ4n) is 1.31. The molecule has 2 rings (SSSR count). The smallest absolute Gasteiger partial charge is 0.335 e. The van der Waals surface area contributed by atoms with E-state index < -0.39 is 5.97 Å². The summed E-state index contributed by atoms with van der Waals surface area (Å²) in [5, 5.41) is 12.9. The Morgan fingerprint density at radius 3 is 2.71 bits per heavy atom. The van der Waals surface area contributed by atoms with E-state index in [9.17, 15) is 4.79 Å². The Hall–Kier alpha value is -1.53. The van der Waals surface area contributed by atoms with E-state index in [1.807, 2.05) is 12.1 Å². The molecule has 1 aromatic carbocycles. The molecule has 0 fully saturated rings. The Morgan fingerprint density at radius 2 is 2.12 bits per heavy atom. The van der Waals surface area contributed by atoms with Gasteiger partial charge in [-0.2, -0.15) is 0 Å². The molecule has 0 aliphatic rings. The highest BCUT2D eigenvalue weighted by Crippen LogP contribution is 2.31.